The number of hydrogen-bond acceptors (Lipinski definition) is 9. The number of carbonyl (C=O) groups excluding carboxylic acids is 9. The molecule has 0 saturated carbocycles. The van der Waals surface area contributed by atoms with Gasteiger partial charge in [-0.3, -0.25) is 43.2 Å². The third-order valence-electron chi connectivity index (χ3n) is 10.5. The Bertz CT molecular complexity index is 2120. The minimum absolute atomic E-state index is 0.0124. The van der Waals surface area contributed by atoms with Crippen molar-refractivity contribution in [2.45, 2.75) is 97.8 Å². The molecule has 0 aliphatic heterocycles. The molecule has 15 heteroatoms. The molecule has 4 aromatic carbocycles. The van der Waals surface area contributed by atoms with Crippen molar-refractivity contribution in [3.05, 3.63) is 124 Å². The first kappa shape index (κ1) is 51.3. The summed E-state index contributed by atoms with van der Waals surface area (Å²) < 4.78 is 0. The highest BCUT2D eigenvalue weighted by molar-refractivity contribution is 6.45. The molecule has 15 nitrogen and oxygen atoms in total. The minimum atomic E-state index is -0.883. The largest absolute Gasteiger partial charge is 0.349 e. The topological polar surface area (TPSA) is 226 Å². The molecule has 4 aromatic rings. The summed E-state index contributed by atoms with van der Waals surface area (Å²) in [5.41, 5.74) is -1.01. The predicted molar refractivity (Wildman–Crippen MR) is 254 cm³/mol. The number of amides is 6. The van der Waals surface area contributed by atoms with Crippen LogP contribution in [0.1, 0.15) is 160 Å². The molecule has 0 heterocycles. The van der Waals surface area contributed by atoms with E-state index in [0.717, 1.165) is 57.8 Å². The number of anilines is 3. The lowest BCUT2D eigenvalue weighted by Crippen LogP contribution is -2.32. The molecular weight excluding hydrogens is 841 g/mol. The Morgan fingerprint density at radius 3 is 0.864 bits per heavy atom. The van der Waals surface area contributed by atoms with Crippen LogP contribution < -0.4 is 31.9 Å². The van der Waals surface area contributed by atoms with Gasteiger partial charge in [0.15, 0.2) is 0 Å². The lowest BCUT2D eigenvalue weighted by Gasteiger charge is -2.15. The van der Waals surface area contributed by atoms with Crippen molar-refractivity contribution in [2.24, 2.45) is 0 Å². The zero-order valence-electron chi connectivity index (χ0n) is 37.9. The summed E-state index contributed by atoms with van der Waals surface area (Å²) in [6, 6.07) is 21.2. The van der Waals surface area contributed by atoms with Gasteiger partial charge in [-0.1, -0.05) is 115 Å². The van der Waals surface area contributed by atoms with Gasteiger partial charge in [0.05, 0.1) is 33.8 Å². The molecule has 0 aromatic heterocycles. The maximum Gasteiger partial charge on any atom is 0.292 e. The maximum atomic E-state index is 14.1. The third kappa shape index (κ3) is 15.5. The Kier molecular flexibility index (Phi) is 21.1. The fourth-order valence-electron chi connectivity index (χ4n) is 6.84. The van der Waals surface area contributed by atoms with Crippen molar-refractivity contribution in [3.63, 3.8) is 0 Å². The van der Waals surface area contributed by atoms with Crippen molar-refractivity contribution < 1.29 is 43.2 Å². The molecule has 0 aliphatic carbocycles. The van der Waals surface area contributed by atoms with E-state index in [4.69, 9.17) is 0 Å². The van der Waals surface area contributed by atoms with Gasteiger partial charge in [-0.15, -0.1) is 0 Å². The fourth-order valence-corrected chi connectivity index (χ4v) is 6.84. The quantitative estimate of drug-likeness (QED) is 0.0193. The van der Waals surface area contributed by atoms with E-state index in [1.807, 2.05) is 0 Å². The number of para-hydroxylation sites is 3. The molecule has 0 aliphatic rings. The summed E-state index contributed by atoms with van der Waals surface area (Å²) in [6.45, 7) is 7.07. The third-order valence-corrected chi connectivity index (χ3v) is 10.5. The Labute approximate surface area is 385 Å². The SMILES string of the molecule is CCCCCCNC(=O)C(=O)c1ccccc1NC(=O)c1cc(C(=O)Nc2ccccc2C(=O)C(=O)NCCCCCC)cc(C(=O)Nc2ccccc2C(=O)C(=O)NCCCCCC)c1. The molecule has 6 amide bonds. The lowest BCUT2D eigenvalue weighted by atomic mass is 10.0. The van der Waals surface area contributed by atoms with E-state index in [9.17, 15) is 43.2 Å². The summed E-state index contributed by atoms with van der Waals surface area (Å²) in [5, 5.41) is 15.7. The number of rotatable bonds is 27. The number of nitrogens with one attached hydrogen (secondary N) is 6. The number of benzene rings is 4. The summed E-state index contributed by atoms with van der Waals surface area (Å²) in [5.74, 6) is -7.79. The van der Waals surface area contributed by atoms with Crippen LogP contribution in [0.3, 0.4) is 0 Å². The normalized spacial score (nSPS) is 10.6. The van der Waals surface area contributed by atoms with Crippen LogP contribution in [-0.2, 0) is 14.4 Å². The highest BCUT2D eigenvalue weighted by Crippen LogP contribution is 2.23. The number of unbranched alkanes of at least 4 members (excludes halogenated alkanes) is 9. The van der Waals surface area contributed by atoms with Gasteiger partial charge in [-0.05, 0) is 73.9 Å². The summed E-state index contributed by atoms with van der Waals surface area (Å²) in [4.78, 5) is 121. The molecule has 66 heavy (non-hydrogen) atoms. The summed E-state index contributed by atoms with van der Waals surface area (Å²) in [6.07, 6.45) is 10.7. The van der Waals surface area contributed by atoms with Gasteiger partial charge in [0.2, 0.25) is 0 Å². The van der Waals surface area contributed by atoms with E-state index in [1.54, 1.807) is 18.2 Å². The Morgan fingerprint density at radius 1 is 0.348 bits per heavy atom. The zero-order chi connectivity index (χ0) is 47.8. The van der Waals surface area contributed by atoms with Crippen molar-refractivity contribution in [1.82, 2.24) is 16.0 Å². The molecule has 4 rings (SSSR count). The summed E-state index contributed by atoms with van der Waals surface area (Å²) in [7, 11) is 0. The van der Waals surface area contributed by atoms with Crippen LogP contribution in [0.2, 0.25) is 0 Å². The maximum absolute atomic E-state index is 14.1. The Morgan fingerprint density at radius 2 is 0.606 bits per heavy atom. The minimum Gasteiger partial charge on any atom is -0.349 e. The molecule has 0 bridgehead atoms. The number of Topliss-reactive ketones (excluding diaryl/α,β-unsaturated/α-hetero) is 3. The van der Waals surface area contributed by atoms with Crippen LogP contribution in [0.4, 0.5) is 17.1 Å². The molecule has 0 atom stereocenters. The van der Waals surface area contributed by atoms with E-state index in [0.29, 0.717) is 38.9 Å². The Balaban J connectivity index is 1.66. The summed E-state index contributed by atoms with van der Waals surface area (Å²) >= 11 is 0. The van der Waals surface area contributed by atoms with Crippen molar-refractivity contribution >= 4 is 69.9 Å². The van der Waals surface area contributed by atoms with Crippen molar-refractivity contribution in [2.75, 3.05) is 35.6 Å². The average Bonchev–Trinajstić information content (AvgIpc) is 3.33. The molecule has 0 fully saturated rings. The second-order valence-electron chi connectivity index (χ2n) is 15.7. The highest BCUT2D eigenvalue weighted by Gasteiger charge is 2.25. The van der Waals surface area contributed by atoms with Crippen LogP contribution in [0.5, 0.6) is 0 Å². The van der Waals surface area contributed by atoms with Gasteiger partial charge in [0.25, 0.3) is 52.8 Å². The van der Waals surface area contributed by atoms with E-state index in [1.165, 1.54) is 72.8 Å². The zero-order valence-corrected chi connectivity index (χ0v) is 37.9. The number of ketones is 3. The van der Waals surface area contributed by atoms with E-state index in [-0.39, 0.29) is 50.4 Å². The molecule has 0 unspecified atom stereocenters. The average molecular weight is 901 g/mol. The van der Waals surface area contributed by atoms with Crippen LogP contribution in [0.25, 0.3) is 0 Å². The standard InChI is InChI=1S/C51H60N6O9/c1-4-7-10-19-28-52-49(64)43(58)37-22-13-16-25-40(37)55-46(61)34-31-35(47(62)56-41-26-17-14-23-38(41)44(59)50(65)53-29-20-11-8-5-2)33-36(32-34)48(63)57-42-27-18-15-24-39(42)45(60)51(66)54-30-21-12-9-6-3/h13-18,22-27,31-33H,4-12,19-21,28-30H2,1-3H3,(H,52,64)(H,53,65)(H,54,66)(H,55,61)(H,56,62)(H,57,63). The Hall–Kier alpha value is -7.29. The highest BCUT2D eigenvalue weighted by atomic mass is 16.2. The number of carbonyl (C=O) groups is 9. The first-order valence-electron chi connectivity index (χ1n) is 22.7. The van der Waals surface area contributed by atoms with Crippen molar-refractivity contribution in [1.29, 1.82) is 0 Å². The smallest absolute Gasteiger partial charge is 0.292 e. The molecule has 348 valence electrons. The monoisotopic (exact) mass is 900 g/mol. The van der Waals surface area contributed by atoms with Crippen molar-refractivity contribution in [3.8, 4) is 0 Å². The van der Waals surface area contributed by atoms with E-state index < -0.39 is 52.8 Å². The van der Waals surface area contributed by atoms with E-state index in [2.05, 4.69) is 52.7 Å². The fraction of sp³-hybridized carbons (Fsp3) is 0.353. The predicted octanol–water partition coefficient (Wildman–Crippen LogP) is 8.08. The van der Waals surface area contributed by atoms with Gasteiger partial charge >= 0.3 is 0 Å². The van der Waals surface area contributed by atoms with Crippen LogP contribution in [0.15, 0.2) is 91.0 Å². The van der Waals surface area contributed by atoms with Crippen LogP contribution >= 0.6 is 0 Å². The molecule has 0 saturated heterocycles. The van der Waals surface area contributed by atoms with Crippen LogP contribution in [-0.4, -0.2) is 72.4 Å². The van der Waals surface area contributed by atoms with Gasteiger partial charge in [-0.25, -0.2) is 0 Å². The van der Waals surface area contributed by atoms with E-state index >= 15 is 0 Å². The van der Waals surface area contributed by atoms with Gasteiger partial charge in [-0.2, -0.15) is 0 Å². The number of hydrogen-bond donors (Lipinski definition) is 6. The lowest BCUT2D eigenvalue weighted by molar-refractivity contribution is -0.117. The van der Waals surface area contributed by atoms with Gasteiger partial charge < -0.3 is 31.9 Å². The second-order valence-corrected chi connectivity index (χ2v) is 15.7. The first-order valence-corrected chi connectivity index (χ1v) is 22.7. The molecule has 6 N–H and O–H groups in total. The van der Waals surface area contributed by atoms with Gasteiger partial charge in [0, 0.05) is 36.3 Å². The molecular formula is C51H60N6O9. The first-order chi connectivity index (χ1) is 31.9. The van der Waals surface area contributed by atoms with Crippen LogP contribution in [0, 0.1) is 0 Å². The second kappa shape index (κ2) is 27.1. The van der Waals surface area contributed by atoms with Gasteiger partial charge in [0.1, 0.15) is 0 Å². The molecule has 0 radical (unpaired) electrons. The molecule has 0 spiro atoms.